The molecule has 2 aromatic rings. The van der Waals surface area contributed by atoms with Gasteiger partial charge in [0.05, 0.1) is 10.0 Å². The monoisotopic (exact) mass is 367 g/mol. The minimum absolute atomic E-state index is 0.0163. The van der Waals surface area contributed by atoms with Crippen LogP contribution in [0, 0.1) is 0 Å². The average Bonchev–Trinajstić information content (AvgIpc) is 2.41. The van der Waals surface area contributed by atoms with Gasteiger partial charge in [0, 0.05) is 25.1 Å². The van der Waals surface area contributed by atoms with Gasteiger partial charge in [-0.05, 0) is 18.2 Å². The molecule has 0 saturated heterocycles. The van der Waals surface area contributed by atoms with Crippen LogP contribution >= 0.6 is 35.0 Å². The van der Waals surface area contributed by atoms with E-state index in [4.69, 9.17) is 23.2 Å². The van der Waals surface area contributed by atoms with Crippen molar-refractivity contribution in [3.05, 3.63) is 40.0 Å². The van der Waals surface area contributed by atoms with Gasteiger partial charge in [0.2, 0.25) is 5.95 Å². The molecule has 1 aromatic carbocycles. The molecule has 0 aliphatic rings. The third-order valence-corrected chi connectivity index (χ3v) is 4.14. The Bertz CT molecular complexity index is 693. The smallest absolute Gasteiger partial charge is 0.347 e. The summed E-state index contributed by atoms with van der Waals surface area (Å²) in [6.07, 6.45) is -4.54. The largest absolute Gasteiger partial charge is 0.433 e. The van der Waals surface area contributed by atoms with Gasteiger partial charge in [0.1, 0.15) is 5.03 Å². The number of rotatable bonds is 3. The average molecular weight is 368 g/mol. The highest BCUT2D eigenvalue weighted by molar-refractivity contribution is 7.99. The van der Waals surface area contributed by atoms with Crippen LogP contribution in [-0.2, 0) is 6.18 Å². The zero-order chi connectivity index (χ0) is 16.5. The molecule has 0 unspecified atom stereocenters. The van der Waals surface area contributed by atoms with Gasteiger partial charge in [-0.25, -0.2) is 9.97 Å². The Hall–Kier alpha value is -1.18. The summed E-state index contributed by atoms with van der Waals surface area (Å²) < 4.78 is 38.7. The maximum absolute atomic E-state index is 12.9. The molecule has 0 fully saturated rings. The zero-order valence-corrected chi connectivity index (χ0v) is 13.8. The molecule has 0 saturated carbocycles. The molecule has 9 heteroatoms. The molecule has 3 nitrogen and oxygen atoms in total. The normalized spacial score (nSPS) is 11.6. The van der Waals surface area contributed by atoms with Crippen molar-refractivity contribution in [3.63, 3.8) is 0 Å². The molecule has 0 aliphatic carbocycles. The second kappa shape index (κ2) is 6.52. The number of hydrogen-bond acceptors (Lipinski definition) is 4. The van der Waals surface area contributed by atoms with E-state index in [-0.39, 0.29) is 11.0 Å². The summed E-state index contributed by atoms with van der Waals surface area (Å²) in [5, 5.41) is 0.868. The Morgan fingerprint density at radius 1 is 1.05 bits per heavy atom. The highest BCUT2D eigenvalue weighted by atomic mass is 35.5. The fraction of sp³-hybridized carbons (Fsp3) is 0.231. The van der Waals surface area contributed by atoms with Crippen LogP contribution in [0.25, 0.3) is 0 Å². The molecule has 1 aromatic heterocycles. The first kappa shape index (κ1) is 17.2. The fourth-order valence-electron chi connectivity index (χ4n) is 1.47. The van der Waals surface area contributed by atoms with Crippen LogP contribution in [-0.4, -0.2) is 24.1 Å². The maximum atomic E-state index is 12.9. The van der Waals surface area contributed by atoms with Crippen LogP contribution in [0.2, 0.25) is 10.0 Å². The third kappa shape index (κ3) is 4.18. The van der Waals surface area contributed by atoms with Crippen molar-refractivity contribution < 1.29 is 13.2 Å². The van der Waals surface area contributed by atoms with Gasteiger partial charge in [-0.1, -0.05) is 35.0 Å². The first-order valence-electron chi connectivity index (χ1n) is 5.93. The summed E-state index contributed by atoms with van der Waals surface area (Å²) in [6, 6.07) is 5.70. The fourth-order valence-corrected chi connectivity index (χ4v) is 2.69. The molecule has 0 N–H and O–H groups in total. The van der Waals surface area contributed by atoms with Crippen molar-refractivity contribution in [2.75, 3.05) is 19.0 Å². The van der Waals surface area contributed by atoms with E-state index in [1.165, 1.54) is 4.90 Å². The van der Waals surface area contributed by atoms with E-state index in [0.717, 1.165) is 17.8 Å². The predicted octanol–water partition coefficient (Wildman–Crippen LogP) is 5.02. The van der Waals surface area contributed by atoms with Crippen molar-refractivity contribution in [3.8, 4) is 0 Å². The number of aromatic nitrogens is 2. The van der Waals surface area contributed by atoms with Gasteiger partial charge >= 0.3 is 6.18 Å². The van der Waals surface area contributed by atoms with Crippen LogP contribution in [0.1, 0.15) is 5.69 Å². The molecule has 0 amide bonds. The van der Waals surface area contributed by atoms with Crippen molar-refractivity contribution in [1.29, 1.82) is 0 Å². The molecule has 1 heterocycles. The Kier molecular flexibility index (Phi) is 5.09. The first-order valence-corrected chi connectivity index (χ1v) is 7.50. The first-order chi connectivity index (χ1) is 10.2. The topological polar surface area (TPSA) is 29.0 Å². The van der Waals surface area contributed by atoms with E-state index in [0.29, 0.717) is 14.9 Å². The second-order valence-corrected chi connectivity index (χ2v) is 6.37. The number of halogens is 5. The summed E-state index contributed by atoms with van der Waals surface area (Å²) in [5.74, 6) is -0.0163. The SMILES string of the molecule is CN(C)c1nc(Sc2ccc(Cl)c(Cl)c2)cc(C(F)(F)F)n1. The molecule has 0 spiro atoms. The van der Waals surface area contributed by atoms with Crippen LogP contribution in [0.3, 0.4) is 0 Å². The van der Waals surface area contributed by atoms with Crippen molar-refractivity contribution >= 4 is 40.9 Å². The predicted molar refractivity (Wildman–Crippen MR) is 81.9 cm³/mol. The van der Waals surface area contributed by atoms with Crippen molar-refractivity contribution in [2.24, 2.45) is 0 Å². The van der Waals surface area contributed by atoms with Crippen LogP contribution in [0.15, 0.2) is 34.2 Å². The summed E-state index contributed by atoms with van der Waals surface area (Å²) in [6.45, 7) is 0. The lowest BCUT2D eigenvalue weighted by Crippen LogP contribution is -2.17. The molecule has 0 aliphatic heterocycles. The number of alkyl halides is 3. The third-order valence-electron chi connectivity index (χ3n) is 2.49. The minimum atomic E-state index is -4.54. The van der Waals surface area contributed by atoms with Gasteiger partial charge in [0.25, 0.3) is 0 Å². The molecular weight excluding hydrogens is 358 g/mol. The summed E-state index contributed by atoms with van der Waals surface area (Å²) >= 11 is 12.8. The Morgan fingerprint density at radius 2 is 1.73 bits per heavy atom. The van der Waals surface area contributed by atoms with E-state index in [2.05, 4.69) is 9.97 Å². The Labute approximate surface area is 139 Å². The van der Waals surface area contributed by atoms with E-state index in [9.17, 15) is 13.2 Å². The molecule has 0 atom stereocenters. The van der Waals surface area contributed by atoms with Gasteiger partial charge in [-0.3, -0.25) is 0 Å². The van der Waals surface area contributed by atoms with Crippen molar-refractivity contribution in [1.82, 2.24) is 9.97 Å². The lowest BCUT2D eigenvalue weighted by atomic mass is 10.4. The van der Waals surface area contributed by atoms with Gasteiger partial charge in [0.15, 0.2) is 5.69 Å². The summed E-state index contributed by atoms with van der Waals surface area (Å²) in [5.41, 5.74) is -0.992. The van der Waals surface area contributed by atoms with E-state index in [1.54, 1.807) is 32.3 Å². The van der Waals surface area contributed by atoms with Gasteiger partial charge in [-0.15, -0.1) is 0 Å². The second-order valence-electron chi connectivity index (χ2n) is 4.46. The lowest BCUT2D eigenvalue weighted by molar-refractivity contribution is -0.141. The van der Waals surface area contributed by atoms with Crippen LogP contribution in [0.4, 0.5) is 19.1 Å². The quantitative estimate of drug-likeness (QED) is 0.712. The van der Waals surface area contributed by atoms with Gasteiger partial charge < -0.3 is 4.90 Å². The van der Waals surface area contributed by atoms with Crippen molar-refractivity contribution in [2.45, 2.75) is 16.1 Å². The lowest BCUT2D eigenvalue weighted by Gasteiger charge is -2.14. The zero-order valence-electron chi connectivity index (χ0n) is 11.4. The summed E-state index contributed by atoms with van der Waals surface area (Å²) in [4.78, 5) is 9.64. The minimum Gasteiger partial charge on any atom is -0.347 e. The molecular formula is C13H10Cl2F3N3S. The van der Waals surface area contributed by atoms with E-state index >= 15 is 0 Å². The van der Waals surface area contributed by atoms with Gasteiger partial charge in [-0.2, -0.15) is 13.2 Å². The Balaban J connectivity index is 2.41. The van der Waals surface area contributed by atoms with Crippen LogP contribution < -0.4 is 4.90 Å². The standard InChI is InChI=1S/C13H10Cl2F3N3S/c1-21(2)12-19-10(13(16,17)18)6-11(20-12)22-7-3-4-8(14)9(15)5-7/h3-6H,1-2H3. The Morgan fingerprint density at radius 3 is 2.27 bits per heavy atom. The number of nitrogens with zero attached hydrogens (tertiary/aromatic N) is 3. The van der Waals surface area contributed by atoms with E-state index in [1.807, 2.05) is 0 Å². The molecule has 22 heavy (non-hydrogen) atoms. The highest BCUT2D eigenvalue weighted by Crippen LogP contribution is 2.35. The number of benzene rings is 1. The maximum Gasteiger partial charge on any atom is 0.433 e. The molecule has 2 rings (SSSR count). The highest BCUT2D eigenvalue weighted by Gasteiger charge is 2.34. The molecule has 0 bridgehead atoms. The number of anilines is 1. The van der Waals surface area contributed by atoms with Crippen LogP contribution in [0.5, 0.6) is 0 Å². The van der Waals surface area contributed by atoms with E-state index < -0.39 is 11.9 Å². The summed E-state index contributed by atoms with van der Waals surface area (Å²) in [7, 11) is 3.15. The molecule has 0 radical (unpaired) electrons. The molecule has 118 valence electrons. The number of hydrogen-bond donors (Lipinski definition) is 0.